The minimum atomic E-state index is -1.09. The molecular weight excluding hydrogens is 330 g/mol. The number of nitriles is 1. The molecule has 1 heterocycles. The fourth-order valence-corrected chi connectivity index (χ4v) is 3.18. The molecule has 0 aliphatic carbocycles. The number of carbonyl (C=O) groups is 3. The molecule has 7 nitrogen and oxygen atoms in total. The van der Waals surface area contributed by atoms with Gasteiger partial charge in [0.05, 0.1) is 7.11 Å². The van der Waals surface area contributed by atoms with Crippen molar-refractivity contribution in [3.8, 4) is 6.19 Å². The number of carbonyl (C=O) groups excluding carboxylic acids is 3. The lowest BCUT2D eigenvalue weighted by Crippen LogP contribution is -2.49. The summed E-state index contributed by atoms with van der Waals surface area (Å²) in [5, 5.41) is 14.1. The van der Waals surface area contributed by atoms with Crippen LogP contribution in [0.15, 0.2) is 29.6 Å². The van der Waals surface area contributed by atoms with Gasteiger partial charge in [-0.2, -0.15) is 5.26 Å². The molecule has 1 unspecified atom stereocenters. The van der Waals surface area contributed by atoms with Crippen molar-refractivity contribution < 1.29 is 19.1 Å². The topological polar surface area (TPSA) is 99.5 Å². The van der Waals surface area contributed by atoms with Gasteiger partial charge in [-0.25, -0.2) is 4.79 Å². The second-order valence-electron chi connectivity index (χ2n) is 4.98. The van der Waals surface area contributed by atoms with Gasteiger partial charge in [0, 0.05) is 18.2 Å². The molecule has 0 radical (unpaired) electrons. The van der Waals surface area contributed by atoms with Gasteiger partial charge in [-0.05, 0) is 22.4 Å². The maximum absolute atomic E-state index is 12.3. The molecule has 1 aromatic heterocycles. The highest BCUT2D eigenvalue weighted by molar-refractivity contribution is 7.17. The van der Waals surface area contributed by atoms with E-state index >= 15 is 0 Å². The molecule has 2 aromatic rings. The fraction of sp³-hybridized carbons (Fsp3) is 0.250. The van der Waals surface area contributed by atoms with E-state index < -0.39 is 23.8 Å². The summed E-state index contributed by atoms with van der Waals surface area (Å²) in [5.41, 5.74) is 0.852. The molecule has 0 spiro atoms. The van der Waals surface area contributed by atoms with Gasteiger partial charge in [-0.1, -0.05) is 18.2 Å². The van der Waals surface area contributed by atoms with Crippen molar-refractivity contribution >= 4 is 39.2 Å². The number of benzene rings is 1. The van der Waals surface area contributed by atoms with E-state index in [-0.39, 0.29) is 6.42 Å². The fourth-order valence-electron chi connectivity index (χ4n) is 2.20. The largest absolute Gasteiger partial charge is 0.462 e. The van der Waals surface area contributed by atoms with E-state index in [1.54, 1.807) is 6.19 Å². The number of hydrogen-bond acceptors (Lipinski definition) is 6. The molecule has 0 fully saturated rings. The molecule has 1 aromatic carbocycles. The summed E-state index contributed by atoms with van der Waals surface area (Å²) in [6.07, 6.45) is 1.86. The monoisotopic (exact) mass is 345 g/mol. The first-order valence-electron chi connectivity index (χ1n) is 6.99. The average molecular weight is 345 g/mol. The van der Waals surface area contributed by atoms with Crippen molar-refractivity contribution in [2.45, 2.75) is 12.5 Å². The molecule has 124 valence electrons. The third-order valence-electron chi connectivity index (χ3n) is 3.44. The first-order valence-corrected chi connectivity index (χ1v) is 7.87. The van der Waals surface area contributed by atoms with Gasteiger partial charge >= 0.3 is 11.9 Å². The molecule has 2 amide bonds. The number of methoxy groups -OCH3 is 1. The highest BCUT2D eigenvalue weighted by Crippen LogP contribution is 2.26. The SMILES string of the molecule is COC(=O)C(=O)NC(Cc1csc2ccccc12)C(=O)N(C)C#N. The molecule has 1 atom stereocenters. The average Bonchev–Trinajstić information content (AvgIpc) is 3.02. The van der Waals surface area contributed by atoms with Crippen LogP contribution >= 0.6 is 11.3 Å². The van der Waals surface area contributed by atoms with E-state index in [1.807, 2.05) is 29.6 Å². The number of esters is 1. The third kappa shape index (κ3) is 3.70. The van der Waals surface area contributed by atoms with Crippen LogP contribution in [0, 0.1) is 11.5 Å². The zero-order valence-electron chi connectivity index (χ0n) is 13.1. The quantitative estimate of drug-likeness (QED) is 0.386. The lowest BCUT2D eigenvalue weighted by molar-refractivity contribution is -0.153. The number of nitrogens with zero attached hydrogens (tertiary/aromatic N) is 2. The van der Waals surface area contributed by atoms with Gasteiger partial charge in [0.1, 0.15) is 6.04 Å². The van der Waals surface area contributed by atoms with E-state index in [1.165, 1.54) is 18.4 Å². The maximum Gasteiger partial charge on any atom is 0.396 e. The molecule has 24 heavy (non-hydrogen) atoms. The Hall–Kier alpha value is -2.92. The predicted octanol–water partition coefficient (Wildman–Crippen LogP) is 1.04. The number of nitrogens with one attached hydrogen (secondary N) is 1. The summed E-state index contributed by atoms with van der Waals surface area (Å²) in [5.74, 6) is -2.73. The number of ether oxygens (including phenoxy) is 1. The van der Waals surface area contributed by atoms with Gasteiger partial charge in [0.25, 0.3) is 5.91 Å². The van der Waals surface area contributed by atoms with Crippen LogP contribution in [-0.4, -0.2) is 42.9 Å². The Balaban J connectivity index is 2.28. The maximum atomic E-state index is 12.3. The highest BCUT2D eigenvalue weighted by atomic mass is 32.1. The van der Waals surface area contributed by atoms with E-state index in [0.717, 1.165) is 27.7 Å². The van der Waals surface area contributed by atoms with Crippen LogP contribution in [-0.2, 0) is 25.5 Å². The van der Waals surface area contributed by atoms with Crippen molar-refractivity contribution in [2.24, 2.45) is 0 Å². The Kier molecular flexibility index (Phi) is 5.50. The van der Waals surface area contributed by atoms with E-state index in [0.29, 0.717) is 0 Å². The number of fused-ring (bicyclic) bond motifs is 1. The van der Waals surface area contributed by atoms with Crippen LogP contribution in [0.4, 0.5) is 0 Å². The second kappa shape index (κ2) is 7.57. The van der Waals surface area contributed by atoms with Gasteiger partial charge in [0.2, 0.25) is 0 Å². The standard InChI is InChI=1S/C16H15N3O4S/c1-19(9-17)15(21)12(18-14(20)16(22)23-2)7-10-8-24-13-6-4-3-5-11(10)13/h3-6,8,12H,7H2,1-2H3,(H,18,20). The van der Waals surface area contributed by atoms with Crippen molar-refractivity contribution in [1.82, 2.24) is 10.2 Å². The summed E-state index contributed by atoms with van der Waals surface area (Å²) in [7, 11) is 2.37. The van der Waals surface area contributed by atoms with Crippen molar-refractivity contribution in [3.63, 3.8) is 0 Å². The smallest absolute Gasteiger partial charge is 0.396 e. The Morgan fingerprint density at radius 2 is 2.08 bits per heavy atom. The third-order valence-corrected chi connectivity index (χ3v) is 4.45. The second-order valence-corrected chi connectivity index (χ2v) is 5.89. The first-order chi connectivity index (χ1) is 11.5. The summed E-state index contributed by atoms with van der Waals surface area (Å²) in [4.78, 5) is 36.2. The van der Waals surface area contributed by atoms with Gasteiger partial charge in [-0.3, -0.25) is 14.5 Å². The van der Waals surface area contributed by atoms with E-state index in [9.17, 15) is 14.4 Å². The van der Waals surface area contributed by atoms with Crippen molar-refractivity contribution in [3.05, 3.63) is 35.2 Å². The first kappa shape index (κ1) is 17.4. The number of likely N-dealkylation sites (N-methyl/N-ethyl adjacent to an activating group) is 1. The molecule has 0 aliphatic rings. The molecule has 8 heteroatoms. The summed E-state index contributed by atoms with van der Waals surface area (Å²) in [6, 6.07) is 6.62. The van der Waals surface area contributed by atoms with E-state index in [2.05, 4.69) is 10.1 Å². The van der Waals surface area contributed by atoms with E-state index in [4.69, 9.17) is 5.26 Å². The van der Waals surface area contributed by atoms with Gasteiger partial charge in [-0.15, -0.1) is 11.3 Å². The van der Waals surface area contributed by atoms with Crippen molar-refractivity contribution in [2.75, 3.05) is 14.2 Å². The molecule has 0 aliphatic heterocycles. The lowest BCUT2D eigenvalue weighted by Gasteiger charge is -2.19. The highest BCUT2D eigenvalue weighted by Gasteiger charge is 2.28. The zero-order chi connectivity index (χ0) is 17.7. The predicted molar refractivity (Wildman–Crippen MR) is 87.9 cm³/mol. The number of rotatable bonds is 4. The molecule has 0 saturated carbocycles. The molecular formula is C16H15N3O4S. The van der Waals surface area contributed by atoms with Gasteiger partial charge < -0.3 is 10.1 Å². The Bertz CT molecular complexity index is 824. The molecule has 0 bridgehead atoms. The van der Waals surface area contributed by atoms with Crippen LogP contribution in [0.25, 0.3) is 10.1 Å². The molecule has 2 rings (SSSR count). The summed E-state index contributed by atoms with van der Waals surface area (Å²) >= 11 is 1.52. The molecule has 0 saturated heterocycles. The minimum absolute atomic E-state index is 0.164. The number of amides is 2. The number of thiophene rings is 1. The Morgan fingerprint density at radius 3 is 2.75 bits per heavy atom. The van der Waals surface area contributed by atoms with Crippen LogP contribution < -0.4 is 5.32 Å². The van der Waals surface area contributed by atoms with Gasteiger partial charge in [0.15, 0.2) is 6.19 Å². The normalized spacial score (nSPS) is 11.4. The van der Waals surface area contributed by atoms with Crippen LogP contribution in [0.5, 0.6) is 0 Å². The zero-order valence-corrected chi connectivity index (χ0v) is 13.9. The van der Waals surface area contributed by atoms with Crippen molar-refractivity contribution in [1.29, 1.82) is 5.26 Å². The Labute approximate surface area is 142 Å². The number of hydrogen-bond donors (Lipinski definition) is 1. The van der Waals surface area contributed by atoms with Crippen LogP contribution in [0.2, 0.25) is 0 Å². The summed E-state index contributed by atoms with van der Waals surface area (Å²) < 4.78 is 5.39. The Morgan fingerprint density at radius 1 is 1.38 bits per heavy atom. The van der Waals surface area contributed by atoms with Crippen LogP contribution in [0.1, 0.15) is 5.56 Å². The minimum Gasteiger partial charge on any atom is -0.462 e. The lowest BCUT2D eigenvalue weighted by atomic mass is 10.0. The summed E-state index contributed by atoms with van der Waals surface area (Å²) in [6.45, 7) is 0. The van der Waals surface area contributed by atoms with Crippen LogP contribution in [0.3, 0.4) is 0 Å². The molecule has 1 N–H and O–H groups in total.